The van der Waals surface area contributed by atoms with E-state index in [1.54, 1.807) is 18.2 Å². The van der Waals surface area contributed by atoms with Crippen LogP contribution in [-0.4, -0.2) is 5.11 Å². The van der Waals surface area contributed by atoms with E-state index in [1.807, 2.05) is 30.3 Å². The summed E-state index contributed by atoms with van der Waals surface area (Å²) < 4.78 is 12.2. The van der Waals surface area contributed by atoms with Gasteiger partial charge in [-0.3, -0.25) is 0 Å². The van der Waals surface area contributed by atoms with E-state index < -0.39 is 0 Å². The van der Waals surface area contributed by atoms with Crippen LogP contribution in [0.2, 0.25) is 0 Å². The highest BCUT2D eigenvalue weighted by molar-refractivity contribution is 9.10. The minimum absolute atomic E-state index is 0.125. The van der Waals surface area contributed by atoms with Crippen molar-refractivity contribution in [1.82, 2.24) is 0 Å². The number of benzene rings is 2. The summed E-state index contributed by atoms with van der Waals surface area (Å²) in [6, 6.07) is 14.7. The SMILES string of the molecule is Oc1ccccc1OCc1cc2cccc(Br)c2o1. The fourth-order valence-electron chi connectivity index (χ4n) is 1.88. The van der Waals surface area contributed by atoms with Crippen LogP contribution in [0.15, 0.2) is 57.4 Å². The van der Waals surface area contributed by atoms with Crippen molar-refractivity contribution >= 4 is 26.9 Å². The lowest BCUT2D eigenvalue weighted by Crippen LogP contribution is -1.93. The topological polar surface area (TPSA) is 42.6 Å². The number of para-hydroxylation sites is 3. The molecule has 4 heteroatoms. The van der Waals surface area contributed by atoms with Gasteiger partial charge >= 0.3 is 0 Å². The van der Waals surface area contributed by atoms with Crippen LogP contribution in [0.3, 0.4) is 0 Å². The molecule has 3 aromatic rings. The van der Waals surface area contributed by atoms with E-state index >= 15 is 0 Å². The van der Waals surface area contributed by atoms with Gasteiger partial charge in [0.05, 0.1) is 4.47 Å². The smallest absolute Gasteiger partial charge is 0.161 e. The predicted molar refractivity (Wildman–Crippen MR) is 76.4 cm³/mol. The molecule has 3 rings (SSSR count). The van der Waals surface area contributed by atoms with Gasteiger partial charge in [0.25, 0.3) is 0 Å². The molecule has 0 aliphatic heterocycles. The lowest BCUT2D eigenvalue weighted by Gasteiger charge is -2.05. The minimum atomic E-state index is 0.125. The Morgan fingerprint density at radius 2 is 1.95 bits per heavy atom. The average Bonchev–Trinajstić information content (AvgIpc) is 2.82. The first-order valence-electron chi connectivity index (χ1n) is 5.82. The Balaban J connectivity index is 1.83. The van der Waals surface area contributed by atoms with Crippen molar-refractivity contribution in [3.05, 3.63) is 58.8 Å². The van der Waals surface area contributed by atoms with Crippen molar-refractivity contribution in [3.63, 3.8) is 0 Å². The molecule has 96 valence electrons. The van der Waals surface area contributed by atoms with Gasteiger partial charge in [-0.1, -0.05) is 24.3 Å². The number of ether oxygens (including phenoxy) is 1. The number of phenolic OH excluding ortho intramolecular Hbond substituents is 1. The highest BCUT2D eigenvalue weighted by Gasteiger charge is 2.08. The number of phenols is 1. The molecule has 0 fully saturated rings. The van der Waals surface area contributed by atoms with Gasteiger partial charge in [0.15, 0.2) is 11.5 Å². The number of rotatable bonds is 3. The second-order valence-corrected chi connectivity index (χ2v) is 4.98. The first kappa shape index (κ1) is 12.1. The summed E-state index contributed by atoms with van der Waals surface area (Å²) in [6.07, 6.45) is 0. The van der Waals surface area contributed by atoms with Crippen LogP contribution in [0.1, 0.15) is 5.76 Å². The van der Waals surface area contributed by atoms with Crippen LogP contribution in [0.4, 0.5) is 0 Å². The van der Waals surface area contributed by atoms with Crippen LogP contribution in [0, 0.1) is 0 Å². The maximum atomic E-state index is 9.61. The zero-order valence-electron chi connectivity index (χ0n) is 9.97. The molecule has 0 spiro atoms. The highest BCUT2D eigenvalue weighted by atomic mass is 79.9. The molecular weight excluding hydrogens is 308 g/mol. The van der Waals surface area contributed by atoms with Gasteiger partial charge in [0.2, 0.25) is 0 Å². The standard InChI is InChI=1S/C15H11BrO3/c16-12-5-3-4-10-8-11(19-15(10)12)9-18-14-7-2-1-6-13(14)17/h1-8,17H,9H2. The molecule has 0 saturated carbocycles. The van der Waals surface area contributed by atoms with E-state index in [4.69, 9.17) is 9.15 Å². The summed E-state index contributed by atoms with van der Waals surface area (Å²) in [5, 5.41) is 10.6. The number of hydrogen-bond acceptors (Lipinski definition) is 3. The number of fused-ring (bicyclic) bond motifs is 1. The monoisotopic (exact) mass is 318 g/mol. The lowest BCUT2D eigenvalue weighted by molar-refractivity contribution is 0.262. The Bertz CT molecular complexity index is 718. The molecule has 0 saturated heterocycles. The van der Waals surface area contributed by atoms with E-state index in [9.17, 15) is 5.11 Å². The van der Waals surface area contributed by atoms with Crippen molar-refractivity contribution in [3.8, 4) is 11.5 Å². The van der Waals surface area contributed by atoms with Crippen molar-refractivity contribution in [2.45, 2.75) is 6.61 Å². The Labute approximate surface area is 118 Å². The Kier molecular flexibility index (Phi) is 3.17. The van der Waals surface area contributed by atoms with Crippen molar-refractivity contribution in [2.24, 2.45) is 0 Å². The van der Waals surface area contributed by atoms with Gasteiger partial charge in [-0.05, 0) is 40.2 Å². The van der Waals surface area contributed by atoms with E-state index in [-0.39, 0.29) is 12.4 Å². The van der Waals surface area contributed by atoms with Gasteiger partial charge < -0.3 is 14.3 Å². The summed E-state index contributed by atoms with van der Waals surface area (Å²) in [7, 11) is 0. The molecule has 1 aromatic heterocycles. The molecule has 0 unspecified atom stereocenters. The van der Waals surface area contributed by atoms with Gasteiger partial charge in [-0.15, -0.1) is 0 Å². The Morgan fingerprint density at radius 3 is 2.74 bits per heavy atom. The number of furan rings is 1. The second-order valence-electron chi connectivity index (χ2n) is 4.13. The zero-order chi connectivity index (χ0) is 13.2. The van der Waals surface area contributed by atoms with E-state index in [2.05, 4.69) is 15.9 Å². The molecule has 0 radical (unpaired) electrons. The van der Waals surface area contributed by atoms with Gasteiger partial charge in [-0.25, -0.2) is 0 Å². The molecule has 19 heavy (non-hydrogen) atoms. The second kappa shape index (κ2) is 4.97. The van der Waals surface area contributed by atoms with Crippen molar-refractivity contribution < 1.29 is 14.3 Å². The molecule has 2 aromatic carbocycles. The van der Waals surface area contributed by atoms with Crippen LogP contribution in [-0.2, 0) is 6.61 Å². The average molecular weight is 319 g/mol. The van der Waals surface area contributed by atoms with E-state index in [0.29, 0.717) is 11.5 Å². The summed E-state index contributed by atoms with van der Waals surface area (Å²) in [5.41, 5.74) is 0.804. The van der Waals surface area contributed by atoms with E-state index in [0.717, 1.165) is 15.4 Å². The molecule has 0 atom stereocenters. The first-order chi connectivity index (χ1) is 9.24. The molecule has 1 heterocycles. The molecule has 0 aliphatic carbocycles. The third-order valence-corrected chi connectivity index (χ3v) is 3.41. The molecular formula is C15H11BrO3. The Hall–Kier alpha value is -1.94. The van der Waals surface area contributed by atoms with Crippen LogP contribution < -0.4 is 4.74 Å². The number of aromatic hydroxyl groups is 1. The van der Waals surface area contributed by atoms with Crippen molar-refractivity contribution in [2.75, 3.05) is 0 Å². The number of hydrogen-bond donors (Lipinski definition) is 1. The van der Waals surface area contributed by atoms with Gasteiger partial charge in [-0.2, -0.15) is 0 Å². The molecule has 1 N–H and O–H groups in total. The van der Waals surface area contributed by atoms with Crippen LogP contribution in [0.25, 0.3) is 11.0 Å². The molecule has 0 aliphatic rings. The zero-order valence-corrected chi connectivity index (χ0v) is 11.6. The maximum absolute atomic E-state index is 9.61. The molecule has 0 amide bonds. The summed E-state index contributed by atoms with van der Waals surface area (Å²) in [4.78, 5) is 0. The lowest BCUT2D eigenvalue weighted by atomic mass is 10.2. The normalized spacial score (nSPS) is 10.8. The summed E-state index contributed by atoms with van der Waals surface area (Å²) in [6.45, 7) is 0.276. The van der Waals surface area contributed by atoms with Gasteiger partial charge in [0, 0.05) is 5.39 Å². The third-order valence-electron chi connectivity index (χ3n) is 2.78. The fourth-order valence-corrected chi connectivity index (χ4v) is 2.34. The fraction of sp³-hybridized carbons (Fsp3) is 0.0667. The van der Waals surface area contributed by atoms with Crippen LogP contribution >= 0.6 is 15.9 Å². The summed E-state index contributed by atoms with van der Waals surface area (Å²) in [5.74, 6) is 1.28. The van der Waals surface area contributed by atoms with Gasteiger partial charge in [0.1, 0.15) is 18.0 Å². The largest absolute Gasteiger partial charge is 0.504 e. The molecule has 3 nitrogen and oxygen atoms in total. The molecule has 0 bridgehead atoms. The highest BCUT2D eigenvalue weighted by Crippen LogP contribution is 2.29. The quantitative estimate of drug-likeness (QED) is 0.774. The minimum Gasteiger partial charge on any atom is -0.504 e. The first-order valence-corrected chi connectivity index (χ1v) is 6.61. The third kappa shape index (κ3) is 2.44. The van der Waals surface area contributed by atoms with Crippen LogP contribution in [0.5, 0.6) is 11.5 Å². The number of halogens is 1. The van der Waals surface area contributed by atoms with Crippen molar-refractivity contribution in [1.29, 1.82) is 0 Å². The van der Waals surface area contributed by atoms with E-state index in [1.165, 1.54) is 0 Å². The maximum Gasteiger partial charge on any atom is 0.161 e. The Morgan fingerprint density at radius 1 is 1.11 bits per heavy atom. The summed E-state index contributed by atoms with van der Waals surface area (Å²) >= 11 is 3.44. The predicted octanol–water partition coefficient (Wildman–Crippen LogP) is 4.48.